The lowest BCUT2D eigenvalue weighted by molar-refractivity contribution is -0.171. The number of anilines is 3. The van der Waals surface area contributed by atoms with Crippen LogP contribution in [0.15, 0.2) is 23.4 Å². The van der Waals surface area contributed by atoms with Gasteiger partial charge in [0.05, 0.1) is 19.3 Å². The van der Waals surface area contributed by atoms with Crippen molar-refractivity contribution in [1.29, 1.82) is 0 Å². The Morgan fingerprint density at radius 2 is 2.02 bits per heavy atom. The number of hydrogen-bond donors (Lipinski definition) is 3. The summed E-state index contributed by atoms with van der Waals surface area (Å²) >= 11 is 1.56. The molecule has 0 spiro atoms. The third kappa shape index (κ3) is 5.67. The molecular weight excluding hydrogens is 558 g/mol. The molecular formula is C27H34F2N6O5S. The van der Waals surface area contributed by atoms with Gasteiger partial charge in [0.25, 0.3) is 0 Å². The summed E-state index contributed by atoms with van der Waals surface area (Å²) in [4.78, 5) is 21.4. The minimum absolute atomic E-state index is 0.0121. The average molecular weight is 593 g/mol. The van der Waals surface area contributed by atoms with Crippen LogP contribution in [0.4, 0.5) is 26.1 Å². The van der Waals surface area contributed by atoms with Crippen molar-refractivity contribution in [1.82, 2.24) is 15.5 Å². The summed E-state index contributed by atoms with van der Waals surface area (Å²) in [7, 11) is 1.32. The molecule has 1 aromatic heterocycles. The minimum Gasteiger partial charge on any atom is -0.467 e. The highest BCUT2D eigenvalue weighted by molar-refractivity contribution is 7.99. The number of esters is 1. The molecule has 4 aliphatic rings. The number of halogens is 2. The first-order valence-corrected chi connectivity index (χ1v) is 14.8. The second kappa shape index (κ2) is 11.1. The Bertz CT molecular complexity index is 1320. The number of methoxy groups -OCH3 is 1. The van der Waals surface area contributed by atoms with E-state index in [-0.39, 0.29) is 36.8 Å². The van der Waals surface area contributed by atoms with Crippen molar-refractivity contribution in [2.24, 2.45) is 0 Å². The molecule has 3 N–H and O–H groups in total. The van der Waals surface area contributed by atoms with Gasteiger partial charge in [-0.25, -0.2) is 23.5 Å². The first-order valence-electron chi connectivity index (χ1n) is 13.8. The molecule has 1 aromatic carbocycles. The summed E-state index contributed by atoms with van der Waals surface area (Å²) in [6, 6.07) is 3.83. The van der Waals surface area contributed by atoms with E-state index in [2.05, 4.69) is 23.2 Å². The van der Waals surface area contributed by atoms with Gasteiger partial charge in [-0.15, -0.1) is 5.53 Å². The Morgan fingerprint density at radius 3 is 2.78 bits per heavy atom. The minimum atomic E-state index is -0.854. The molecule has 0 amide bonds. The highest BCUT2D eigenvalue weighted by atomic mass is 32.2. The summed E-state index contributed by atoms with van der Waals surface area (Å²) in [5.74, 6) is -0.818. The lowest BCUT2D eigenvalue weighted by Crippen LogP contribution is -2.50. The molecule has 6 rings (SSSR count). The lowest BCUT2D eigenvalue weighted by Gasteiger charge is -2.29. The normalized spacial score (nSPS) is 29.2. The highest BCUT2D eigenvalue weighted by Gasteiger charge is 2.57. The van der Waals surface area contributed by atoms with Crippen LogP contribution in [0.25, 0.3) is 0 Å². The fourth-order valence-corrected chi connectivity index (χ4v) is 6.38. The molecule has 2 aliphatic carbocycles. The number of nitrogens with zero attached hydrogens (tertiary/aromatic N) is 3. The molecule has 0 radical (unpaired) electrons. The number of hydrogen-bond acceptors (Lipinski definition) is 12. The van der Waals surface area contributed by atoms with Crippen LogP contribution in [0, 0.1) is 11.6 Å². The zero-order valence-corrected chi connectivity index (χ0v) is 24.1. The monoisotopic (exact) mass is 592 g/mol. The van der Waals surface area contributed by atoms with E-state index in [0.717, 1.165) is 24.2 Å². The number of ether oxygens (including phenoxy) is 4. The third-order valence-electron chi connectivity index (χ3n) is 7.68. The molecule has 3 fully saturated rings. The largest absolute Gasteiger partial charge is 0.467 e. The van der Waals surface area contributed by atoms with Crippen molar-refractivity contribution in [2.75, 3.05) is 35.2 Å². The number of carbonyl (C=O) groups is 1. The third-order valence-corrected chi connectivity index (χ3v) is 8.73. The quantitative estimate of drug-likeness (QED) is 0.212. The Balaban J connectivity index is 1.25. The van der Waals surface area contributed by atoms with Gasteiger partial charge in [0.15, 0.2) is 34.2 Å². The summed E-state index contributed by atoms with van der Waals surface area (Å²) < 4.78 is 50.5. The Kier molecular flexibility index (Phi) is 7.70. The molecule has 6 atom stereocenters. The number of aromatic nitrogens is 2. The van der Waals surface area contributed by atoms with E-state index in [9.17, 15) is 13.6 Å². The van der Waals surface area contributed by atoms with Gasteiger partial charge in [-0.05, 0) is 44.4 Å². The van der Waals surface area contributed by atoms with Crippen molar-refractivity contribution in [3.8, 4) is 0 Å². The Morgan fingerprint density at radius 1 is 1.22 bits per heavy atom. The number of hydrazine groups is 2. The van der Waals surface area contributed by atoms with Crippen molar-refractivity contribution >= 4 is 35.1 Å². The number of benzene rings is 1. The zero-order chi connectivity index (χ0) is 28.9. The van der Waals surface area contributed by atoms with E-state index in [1.165, 1.54) is 19.2 Å². The van der Waals surface area contributed by atoms with Crippen LogP contribution in [0.1, 0.15) is 51.5 Å². The maximum Gasteiger partial charge on any atom is 0.331 e. The summed E-state index contributed by atoms with van der Waals surface area (Å²) in [5, 5.41) is 6.03. The SMILES string of the molecule is CCCSc1nc(N[C@@H]2C[C@H]2c2ccc(F)c(F)c2)c2c(n1)N([C@@H]1C[C@H](OCC(=O)OC)[C@H]3OC(C)(C)O[C@H]31)NN2. The molecule has 1 saturated heterocycles. The number of nitrogens with one attached hydrogen (secondary N) is 3. The molecule has 2 saturated carbocycles. The molecule has 11 nitrogen and oxygen atoms in total. The number of carbonyl (C=O) groups excluding carboxylic acids is 1. The van der Waals surface area contributed by atoms with E-state index in [4.69, 9.17) is 28.9 Å². The second-order valence-electron chi connectivity index (χ2n) is 11.1. The smallest absolute Gasteiger partial charge is 0.331 e. The van der Waals surface area contributed by atoms with Gasteiger partial charge in [-0.3, -0.25) is 10.4 Å². The predicted molar refractivity (Wildman–Crippen MR) is 147 cm³/mol. The Labute approximate surface area is 241 Å². The van der Waals surface area contributed by atoms with E-state index in [0.29, 0.717) is 28.9 Å². The average Bonchev–Trinajstić information content (AvgIpc) is 3.28. The molecule has 2 aliphatic heterocycles. The van der Waals surface area contributed by atoms with Crippen molar-refractivity contribution in [3.05, 3.63) is 35.4 Å². The van der Waals surface area contributed by atoms with Gasteiger partial charge in [0.1, 0.15) is 24.5 Å². The molecule has 0 unspecified atom stereocenters. The van der Waals surface area contributed by atoms with Crippen LogP contribution in [-0.2, 0) is 23.7 Å². The molecule has 3 heterocycles. The van der Waals surface area contributed by atoms with Crippen molar-refractivity contribution < 1.29 is 32.5 Å². The van der Waals surface area contributed by atoms with Gasteiger partial charge >= 0.3 is 5.97 Å². The first-order chi connectivity index (χ1) is 19.7. The summed E-state index contributed by atoms with van der Waals surface area (Å²) in [6.45, 7) is 5.62. The maximum absolute atomic E-state index is 13.8. The fourth-order valence-electron chi connectivity index (χ4n) is 5.69. The van der Waals surface area contributed by atoms with Crippen LogP contribution in [0.3, 0.4) is 0 Å². The van der Waals surface area contributed by atoms with Crippen LogP contribution in [0.5, 0.6) is 0 Å². The van der Waals surface area contributed by atoms with Crippen molar-refractivity contribution in [2.45, 2.75) is 87.3 Å². The molecule has 41 heavy (non-hydrogen) atoms. The van der Waals surface area contributed by atoms with E-state index >= 15 is 0 Å². The van der Waals surface area contributed by atoms with Crippen LogP contribution in [0.2, 0.25) is 0 Å². The standard InChI is InChI=1S/C27H34F2N6O5S/c1-5-8-41-26-31-24(30-17-10-14(17)13-6-7-15(28)16(29)9-13)21-25(32-26)35(34-33-21)18-11-19(38-12-20(36)37-4)23-22(18)39-27(2,3)40-23/h6-7,9,14,17-19,22-23,33-34H,5,8,10-12H2,1-4H3,(H,30,31,32)/t14-,17+,18+,19-,22-,23+/m0/s1. The zero-order valence-electron chi connectivity index (χ0n) is 23.3. The Hall–Kier alpha value is -2.78. The van der Waals surface area contributed by atoms with Crippen molar-refractivity contribution in [3.63, 3.8) is 0 Å². The van der Waals surface area contributed by atoms with Crippen LogP contribution < -0.4 is 21.3 Å². The van der Waals surface area contributed by atoms with Crippen LogP contribution in [-0.4, -0.2) is 71.6 Å². The number of fused-ring (bicyclic) bond motifs is 2. The first kappa shape index (κ1) is 28.3. The second-order valence-corrected chi connectivity index (χ2v) is 12.1. The molecule has 14 heteroatoms. The van der Waals surface area contributed by atoms with E-state index in [1.807, 2.05) is 18.9 Å². The van der Waals surface area contributed by atoms with Gasteiger partial charge in [-0.1, -0.05) is 24.8 Å². The fraction of sp³-hybridized carbons (Fsp3) is 0.593. The van der Waals surface area contributed by atoms with E-state index < -0.39 is 29.5 Å². The van der Waals surface area contributed by atoms with Gasteiger partial charge < -0.3 is 24.3 Å². The highest BCUT2D eigenvalue weighted by Crippen LogP contribution is 2.48. The maximum atomic E-state index is 13.8. The molecule has 0 bridgehead atoms. The lowest BCUT2D eigenvalue weighted by atomic mass is 10.1. The number of thioether (sulfide) groups is 1. The summed E-state index contributed by atoms with van der Waals surface area (Å²) in [5.41, 5.74) is 7.87. The van der Waals surface area contributed by atoms with Gasteiger partial charge in [-0.2, -0.15) is 0 Å². The topological polar surface area (TPSA) is 119 Å². The molecule has 222 valence electrons. The van der Waals surface area contributed by atoms with Gasteiger partial charge in [0, 0.05) is 24.1 Å². The van der Waals surface area contributed by atoms with Crippen LogP contribution >= 0.6 is 11.8 Å². The van der Waals surface area contributed by atoms with Gasteiger partial charge in [0.2, 0.25) is 0 Å². The molecule has 2 aromatic rings. The van der Waals surface area contributed by atoms with E-state index in [1.54, 1.807) is 17.8 Å². The number of rotatable bonds is 10. The summed E-state index contributed by atoms with van der Waals surface area (Å²) in [6.07, 6.45) is 1.11. The predicted octanol–water partition coefficient (Wildman–Crippen LogP) is 3.73.